The molecule has 1 fully saturated rings. The Labute approximate surface area is 418 Å². The van der Waals surface area contributed by atoms with E-state index in [9.17, 15) is 4.79 Å². The minimum absolute atomic E-state index is 0.0529. The van der Waals surface area contributed by atoms with Gasteiger partial charge in [-0.3, -0.25) is 5.32 Å². The summed E-state index contributed by atoms with van der Waals surface area (Å²) in [5.41, 5.74) is 6.76. The first-order chi connectivity index (χ1) is 32.9. The zero-order chi connectivity index (χ0) is 48.2. The summed E-state index contributed by atoms with van der Waals surface area (Å²) < 4.78 is 28.7. The maximum atomic E-state index is 13.1. The summed E-state index contributed by atoms with van der Waals surface area (Å²) in [6.07, 6.45) is 16.3. The van der Waals surface area contributed by atoms with Gasteiger partial charge in [-0.15, -0.1) is 10.3 Å². The van der Waals surface area contributed by atoms with Crippen LogP contribution in [0.2, 0.25) is 5.02 Å². The van der Waals surface area contributed by atoms with E-state index in [2.05, 4.69) is 83.9 Å². The molecule has 0 radical (unpaired) electrons. The van der Waals surface area contributed by atoms with Crippen molar-refractivity contribution >= 4 is 51.3 Å². The predicted molar refractivity (Wildman–Crippen MR) is 290 cm³/mol. The number of anilines is 2. The molecule has 0 aromatic heterocycles. The highest BCUT2D eigenvalue weighted by Gasteiger charge is 2.32. The molecule has 5 aromatic carbocycles. The van der Waals surface area contributed by atoms with Crippen molar-refractivity contribution in [2.75, 3.05) is 61.5 Å². The van der Waals surface area contributed by atoms with Crippen molar-refractivity contribution in [2.45, 2.75) is 109 Å². The molecule has 68 heavy (non-hydrogen) atoms. The molecule has 0 spiro atoms. The van der Waals surface area contributed by atoms with Crippen molar-refractivity contribution < 1.29 is 23.2 Å². The third kappa shape index (κ3) is 16.9. The van der Waals surface area contributed by atoms with Gasteiger partial charge in [-0.05, 0) is 104 Å². The van der Waals surface area contributed by atoms with Crippen molar-refractivity contribution in [1.29, 1.82) is 0 Å². The lowest BCUT2D eigenvalue weighted by Gasteiger charge is -2.46. The molecule has 0 saturated carbocycles. The van der Waals surface area contributed by atoms with Crippen LogP contribution in [-0.4, -0.2) is 73.3 Å². The van der Waals surface area contributed by atoms with Gasteiger partial charge in [0.05, 0.1) is 16.4 Å². The number of unbranched alkanes of at least 4 members (excludes halogenated alkanes) is 6. The molecule has 6 rings (SSSR count). The Morgan fingerprint density at radius 3 is 2.00 bits per heavy atom. The molecular weight excluding hydrogens is 908 g/mol. The van der Waals surface area contributed by atoms with Crippen LogP contribution in [-0.2, 0) is 22.1 Å². The van der Waals surface area contributed by atoms with E-state index in [0.717, 1.165) is 91.2 Å². The topological polar surface area (TPSA) is 93.3 Å². The maximum absolute atomic E-state index is 13.1. The highest BCUT2D eigenvalue weighted by molar-refractivity contribution is 8.29. The quantitative estimate of drug-likeness (QED) is 0.0370. The number of hydrogen-bond acceptors (Lipinski definition) is 9. The van der Waals surface area contributed by atoms with Gasteiger partial charge in [-0.2, -0.15) is 0 Å². The molecule has 9 nitrogen and oxygen atoms in total. The fourth-order valence-electron chi connectivity index (χ4n) is 8.05. The zero-order valence-electron chi connectivity index (χ0n) is 41.2. The normalized spacial score (nSPS) is 14.3. The van der Waals surface area contributed by atoms with Crippen LogP contribution in [0.25, 0.3) is 11.1 Å². The first kappa shape index (κ1) is 53.0. The Morgan fingerprint density at radius 1 is 0.750 bits per heavy atom. The molecule has 5 aromatic rings. The Hall–Kier alpha value is -4.36. The molecule has 0 bridgehead atoms. The number of piperidine rings is 1. The Kier molecular flexibility index (Phi) is 21.2. The number of para-hydroxylation sites is 1. The van der Waals surface area contributed by atoms with E-state index in [-0.39, 0.29) is 17.0 Å². The van der Waals surface area contributed by atoms with Gasteiger partial charge >= 0.3 is 6.09 Å². The van der Waals surface area contributed by atoms with Gasteiger partial charge in [0, 0.05) is 36.2 Å². The second-order valence-electron chi connectivity index (χ2n) is 19.0. The number of rotatable bonds is 26. The smallest absolute Gasteiger partial charge is 0.411 e. The van der Waals surface area contributed by atoms with Crippen LogP contribution in [0.3, 0.4) is 0 Å². The van der Waals surface area contributed by atoms with Crippen LogP contribution in [0.15, 0.2) is 121 Å². The highest BCUT2D eigenvalue weighted by atomic mass is 35.5. The molecule has 1 unspecified atom stereocenters. The highest BCUT2D eigenvalue weighted by Crippen LogP contribution is 2.56. The standard InChI is InChI=1S/C56H75ClN4O5S2/c1-56(2,3)68(5,6)66-54(46-29-31-53(51(39-46)60-67-4)64-42-44-24-16-13-17-25-44)40-58-34-20-10-8-7-9-11-21-35-61-36-32-47(33-37-61)65-55(62)59-50-27-19-18-26-48(50)45-28-30-52(49(57)38-45)63-41-43-22-14-12-15-23-43/h12-19,22-31,38-39,47,54,58,60H,7-11,20-21,32-37,40-42H2,1-6H3,(H,59,62). The second-order valence-corrected chi connectivity index (χ2v) is 23.9. The number of nitrogens with one attached hydrogen (secondary N) is 3. The average Bonchev–Trinajstić information content (AvgIpc) is 3.33. The monoisotopic (exact) mass is 982 g/mol. The number of benzene rings is 5. The van der Waals surface area contributed by atoms with E-state index in [1.165, 1.54) is 38.5 Å². The average molecular weight is 984 g/mol. The number of carbonyl (C=O) groups is 1. The van der Waals surface area contributed by atoms with Crippen molar-refractivity contribution in [3.05, 3.63) is 143 Å². The van der Waals surface area contributed by atoms with Gasteiger partial charge in [0.2, 0.25) is 0 Å². The Morgan fingerprint density at radius 2 is 1.35 bits per heavy atom. The fraction of sp³-hybridized carbons (Fsp3) is 0.446. The van der Waals surface area contributed by atoms with E-state index in [4.69, 9.17) is 30.0 Å². The summed E-state index contributed by atoms with van der Waals surface area (Å²) >= 11 is 8.21. The van der Waals surface area contributed by atoms with Crippen molar-refractivity contribution in [2.24, 2.45) is 0 Å². The largest absolute Gasteiger partial charge is 0.487 e. The van der Waals surface area contributed by atoms with E-state index in [0.29, 0.717) is 29.7 Å². The first-order valence-electron chi connectivity index (χ1n) is 24.4. The lowest BCUT2D eigenvalue weighted by Crippen LogP contribution is -2.38. The molecular formula is C56H75ClN4O5S2. The van der Waals surface area contributed by atoms with Crippen LogP contribution >= 0.6 is 33.9 Å². The van der Waals surface area contributed by atoms with E-state index in [1.807, 2.05) is 97.3 Å². The summed E-state index contributed by atoms with van der Waals surface area (Å²) in [7, 11) is -1.36. The molecule has 1 amide bonds. The number of hydrogen-bond donors (Lipinski definition) is 3. The van der Waals surface area contributed by atoms with Crippen LogP contribution < -0.4 is 24.8 Å². The number of ether oxygens (including phenoxy) is 3. The summed E-state index contributed by atoms with van der Waals surface area (Å²) in [6, 6.07) is 40.1. The summed E-state index contributed by atoms with van der Waals surface area (Å²) in [5.74, 6) is 1.45. The molecule has 1 saturated heterocycles. The predicted octanol–water partition coefficient (Wildman–Crippen LogP) is 14.7. The molecule has 0 aliphatic carbocycles. The van der Waals surface area contributed by atoms with Gasteiger partial charge in [0.25, 0.3) is 0 Å². The van der Waals surface area contributed by atoms with Gasteiger partial charge in [-0.1, -0.05) is 167 Å². The van der Waals surface area contributed by atoms with E-state index in [1.54, 1.807) is 11.9 Å². The van der Waals surface area contributed by atoms with Gasteiger partial charge in [-0.25, -0.2) is 4.79 Å². The van der Waals surface area contributed by atoms with Crippen LogP contribution in [0.5, 0.6) is 11.5 Å². The van der Waals surface area contributed by atoms with E-state index >= 15 is 0 Å². The fourth-order valence-corrected chi connectivity index (χ4v) is 9.71. The first-order valence-corrected chi connectivity index (χ1v) is 28.3. The summed E-state index contributed by atoms with van der Waals surface area (Å²) in [6.45, 7) is 12.5. The third-order valence-corrected chi connectivity index (χ3v) is 17.1. The Bertz CT molecular complexity index is 2270. The minimum atomic E-state index is -1.36. The number of halogens is 1. The molecule has 1 heterocycles. The van der Waals surface area contributed by atoms with E-state index < -0.39 is 16.4 Å². The third-order valence-electron chi connectivity index (χ3n) is 12.8. The van der Waals surface area contributed by atoms with Crippen LogP contribution in [0.4, 0.5) is 16.2 Å². The van der Waals surface area contributed by atoms with Crippen LogP contribution in [0.1, 0.15) is 101 Å². The SMILES string of the molecule is CSNc1cc(C(CNCCCCCCCCCN2CCC(OC(=O)Nc3ccccc3-c3ccc(OCc4ccccc4)c(Cl)c3)CC2)OS(C)(C)C(C)(C)C)ccc1OCc1ccccc1. The summed E-state index contributed by atoms with van der Waals surface area (Å²) in [4.78, 5) is 15.6. The van der Waals surface area contributed by atoms with Gasteiger partial charge < -0.3 is 33.3 Å². The van der Waals surface area contributed by atoms with Gasteiger partial charge in [0.1, 0.15) is 36.9 Å². The van der Waals surface area contributed by atoms with Crippen molar-refractivity contribution in [3.8, 4) is 22.6 Å². The van der Waals surface area contributed by atoms with Crippen molar-refractivity contribution in [1.82, 2.24) is 10.2 Å². The van der Waals surface area contributed by atoms with Gasteiger partial charge in [0.15, 0.2) is 0 Å². The maximum Gasteiger partial charge on any atom is 0.411 e. The second kappa shape index (κ2) is 27.1. The Balaban J connectivity index is 0.843. The molecule has 1 aliphatic heterocycles. The number of likely N-dealkylation sites (tertiary alicyclic amines) is 1. The molecule has 1 aliphatic rings. The molecule has 12 heteroatoms. The molecule has 3 N–H and O–H groups in total. The molecule has 368 valence electrons. The van der Waals surface area contributed by atoms with Crippen LogP contribution in [0, 0.1) is 0 Å². The van der Waals surface area contributed by atoms with Crippen molar-refractivity contribution in [3.63, 3.8) is 0 Å². The minimum Gasteiger partial charge on any atom is -0.487 e. The molecule has 1 atom stereocenters. The lowest BCUT2D eigenvalue weighted by molar-refractivity contribution is 0.0584. The number of carbonyl (C=O) groups excluding carboxylic acids is 1. The number of amides is 1. The lowest BCUT2D eigenvalue weighted by atomic mass is 10.0. The summed E-state index contributed by atoms with van der Waals surface area (Å²) in [5, 5.41) is 7.25. The number of nitrogens with zero attached hydrogens (tertiary/aromatic N) is 1. The zero-order valence-corrected chi connectivity index (χ0v) is 43.6.